The number of aliphatic hydroxyl groups excluding tert-OH is 5. The van der Waals surface area contributed by atoms with E-state index in [1.54, 1.807) is 6.08 Å². The van der Waals surface area contributed by atoms with Crippen LogP contribution >= 0.6 is 0 Å². The molecule has 7 atom stereocenters. The molecule has 0 aromatic heterocycles. The maximum Gasteiger partial charge on any atom is 0.220 e. The summed E-state index contributed by atoms with van der Waals surface area (Å²) >= 11 is 0. The minimum Gasteiger partial charge on any atom is -0.394 e. The number of carbonyl (C=O) groups excluding carboxylic acids is 1. The topological polar surface area (TPSA) is 149 Å². The van der Waals surface area contributed by atoms with Gasteiger partial charge in [-0.15, -0.1) is 0 Å². The molecule has 1 heterocycles. The highest BCUT2D eigenvalue weighted by atomic mass is 16.7. The fraction of sp³-hybridized carbons (Fsp3) is 0.700. The third-order valence-electron chi connectivity index (χ3n) is 10.5. The Kier molecular flexibility index (Phi) is 36.4. The van der Waals surface area contributed by atoms with Crippen LogP contribution in [0.3, 0.4) is 0 Å². The van der Waals surface area contributed by atoms with Crippen molar-refractivity contribution in [2.24, 2.45) is 0 Å². The summed E-state index contributed by atoms with van der Waals surface area (Å²) in [6.45, 7) is 3.57. The highest BCUT2D eigenvalue weighted by molar-refractivity contribution is 5.76. The van der Waals surface area contributed by atoms with E-state index >= 15 is 0 Å². The number of carbonyl (C=O) groups is 1. The monoisotopic (exact) mass is 828 g/mol. The maximum atomic E-state index is 12.9. The summed E-state index contributed by atoms with van der Waals surface area (Å²) in [5, 5.41) is 53.9. The molecule has 0 radical (unpaired) electrons. The van der Waals surface area contributed by atoms with Gasteiger partial charge in [-0.3, -0.25) is 4.79 Å². The van der Waals surface area contributed by atoms with Crippen LogP contribution in [0.2, 0.25) is 0 Å². The van der Waals surface area contributed by atoms with Crippen molar-refractivity contribution in [1.82, 2.24) is 5.32 Å². The zero-order chi connectivity index (χ0) is 43.0. The van der Waals surface area contributed by atoms with Crippen LogP contribution in [0.5, 0.6) is 0 Å². The molecule has 7 unspecified atom stereocenters. The van der Waals surface area contributed by atoms with E-state index in [1.807, 2.05) is 6.08 Å². The SMILES string of the molecule is CC/C=C\C/C=C\C/C=C\C/C=C\C/C=C\C/C=C\CCCCCCCCCCCCC(=O)NC(COC1OC(CO)C(O)C(O)C1O)C(O)/C=C/CCCCCCC. The highest BCUT2D eigenvalue weighted by Gasteiger charge is 2.44. The van der Waals surface area contributed by atoms with E-state index in [-0.39, 0.29) is 12.5 Å². The number of allylic oxidation sites excluding steroid dienone is 13. The molecule has 0 aromatic carbocycles. The molecule has 338 valence electrons. The quantitative estimate of drug-likeness (QED) is 0.0268. The normalized spacial score (nSPS) is 21.5. The average molecular weight is 828 g/mol. The van der Waals surface area contributed by atoms with Gasteiger partial charge in [0.2, 0.25) is 5.91 Å². The lowest BCUT2D eigenvalue weighted by molar-refractivity contribution is -0.302. The number of rotatable bonds is 37. The summed E-state index contributed by atoms with van der Waals surface area (Å²) in [6, 6.07) is -0.808. The van der Waals surface area contributed by atoms with Crippen molar-refractivity contribution in [3.05, 3.63) is 85.1 Å². The van der Waals surface area contributed by atoms with E-state index in [0.717, 1.165) is 89.9 Å². The van der Waals surface area contributed by atoms with Crippen molar-refractivity contribution >= 4 is 5.91 Å². The average Bonchev–Trinajstić information content (AvgIpc) is 3.23. The van der Waals surface area contributed by atoms with Gasteiger partial charge in [0.05, 0.1) is 25.4 Å². The Labute approximate surface area is 359 Å². The van der Waals surface area contributed by atoms with Gasteiger partial charge < -0.3 is 40.3 Å². The lowest BCUT2D eigenvalue weighted by atomic mass is 9.99. The van der Waals surface area contributed by atoms with Crippen LogP contribution < -0.4 is 5.32 Å². The molecule has 1 aliphatic heterocycles. The molecule has 6 N–H and O–H groups in total. The van der Waals surface area contributed by atoms with Crippen LogP contribution in [-0.4, -0.2) is 87.5 Å². The molecule has 9 nitrogen and oxygen atoms in total. The molecule has 0 aromatic rings. The molecule has 1 fully saturated rings. The number of nitrogens with one attached hydrogen (secondary N) is 1. The predicted octanol–water partition coefficient (Wildman–Crippen LogP) is 9.94. The number of ether oxygens (including phenoxy) is 2. The van der Waals surface area contributed by atoms with Crippen LogP contribution in [0.1, 0.15) is 168 Å². The molecule has 1 saturated heterocycles. The van der Waals surface area contributed by atoms with Crippen LogP contribution in [-0.2, 0) is 14.3 Å². The van der Waals surface area contributed by atoms with Gasteiger partial charge in [-0.25, -0.2) is 0 Å². The second-order valence-corrected chi connectivity index (χ2v) is 15.8. The van der Waals surface area contributed by atoms with Gasteiger partial charge in [0.15, 0.2) is 6.29 Å². The Bertz CT molecular complexity index is 1190. The number of unbranched alkanes of at least 4 members (excludes halogenated alkanes) is 15. The molecule has 0 bridgehead atoms. The third kappa shape index (κ3) is 30.1. The van der Waals surface area contributed by atoms with Gasteiger partial charge in [-0.2, -0.15) is 0 Å². The Morgan fingerprint density at radius 1 is 0.593 bits per heavy atom. The lowest BCUT2D eigenvalue weighted by Gasteiger charge is -2.40. The minimum atomic E-state index is -1.57. The summed E-state index contributed by atoms with van der Waals surface area (Å²) in [4.78, 5) is 12.9. The van der Waals surface area contributed by atoms with Gasteiger partial charge in [0.1, 0.15) is 24.4 Å². The van der Waals surface area contributed by atoms with Gasteiger partial charge in [0, 0.05) is 6.42 Å². The highest BCUT2D eigenvalue weighted by Crippen LogP contribution is 2.22. The van der Waals surface area contributed by atoms with Crippen LogP contribution in [0.4, 0.5) is 0 Å². The van der Waals surface area contributed by atoms with Crippen molar-refractivity contribution in [3.8, 4) is 0 Å². The summed E-state index contributed by atoms with van der Waals surface area (Å²) < 4.78 is 11.1. The molecule has 1 rings (SSSR count). The second kappa shape index (κ2) is 39.5. The van der Waals surface area contributed by atoms with Crippen LogP contribution in [0.25, 0.3) is 0 Å². The summed E-state index contributed by atoms with van der Waals surface area (Å²) in [5.74, 6) is -0.191. The van der Waals surface area contributed by atoms with Crippen molar-refractivity contribution < 1.29 is 39.8 Å². The van der Waals surface area contributed by atoms with E-state index in [4.69, 9.17) is 9.47 Å². The van der Waals surface area contributed by atoms with Crippen molar-refractivity contribution in [2.75, 3.05) is 13.2 Å². The second-order valence-electron chi connectivity index (χ2n) is 15.8. The molecule has 1 aliphatic rings. The number of amides is 1. The Morgan fingerprint density at radius 3 is 1.56 bits per heavy atom. The van der Waals surface area contributed by atoms with Crippen molar-refractivity contribution in [1.29, 1.82) is 0 Å². The summed E-state index contributed by atoms with van der Waals surface area (Å²) in [6.07, 6.45) is 48.0. The summed E-state index contributed by atoms with van der Waals surface area (Å²) in [5.41, 5.74) is 0. The van der Waals surface area contributed by atoms with Gasteiger partial charge in [-0.1, -0.05) is 176 Å². The smallest absolute Gasteiger partial charge is 0.220 e. The molecule has 9 heteroatoms. The Morgan fingerprint density at radius 2 is 1.05 bits per heavy atom. The zero-order valence-corrected chi connectivity index (χ0v) is 37.0. The lowest BCUT2D eigenvalue weighted by Crippen LogP contribution is -2.60. The standard InChI is InChI=1S/C50H85NO8/c1-3-5-7-9-11-12-13-14-15-16-17-18-19-20-21-22-23-24-25-26-27-28-29-30-31-32-34-36-38-40-46(54)51-43(44(53)39-37-35-33-10-8-6-4-2)42-58-50-49(57)48(56)47(55)45(41-52)59-50/h5,7,11-12,14-15,17-18,20-21,23-24,37,39,43-45,47-50,52-53,55-57H,3-4,6,8-10,13,16,19,22,25-36,38,40-42H2,1-2H3,(H,51,54)/b7-5-,12-11-,15-14-,18-17-,21-20-,24-23-,39-37+. The van der Waals surface area contributed by atoms with E-state index in [0.29, 0.717) is 6.42 Å². The molecule has 59 heavy (non-hydrogen) atoms. The zero-order valence-electron chi connectivity index (χ0n) is 37.0. The van der Waals surface area contributed by atoms with E-state index in [1.165, 1.54) is 57.8 Å². The van der Waals surface area contributed by atoms with Crippen molar-refractivity contribution in [3.63, 3.8) is 0 Å². The van der Waals surface area contributed by atoms with Crippen molar-refractivity contribution in [2.45, 2.75) is 211 Å². The summed E-state index contributed by atoms with van der Waals surface area (Å²) in [7, 11) is 0. The first-order valence-corrected chi connectivity index (χ1v) is 23.3. The van der Waals surface area contributed by atoms with Gasteiger partial charge in [-0.05, 0) is 70.6 Å². The number of hydrogen-bond acceptors (Lipinski definition) is 8. The Hall–Kier alpha value is -2.63. The molecule has 1 amide bonds. The third-order valence-corrected chi connectivity index (χ3v) is 10.5. The first-order chi connectivity index (χ1) is 28.8. The maximum absolute atomic E-state index is 12.9. The fourth-order valence-corrected chi connectivity index (χ4v) is 6.75. The van der Waals surface area contributed by atoms with E-state index < -0.39 is 49.5 Å². The minimum absolute atomic E-state index is 0.191. The number of aliphatic hydroxyl groups is 5. The Balaban J connectivity index is 2.18. The molecule has 0 aliphatic carbocycles. The fourth-order valence-electron chi connectivity index (χ4n) is 6.75. The molecule has 0 saturated carbocycles. The number of hydrogen-bond donors (Lipinski definition) is 6. The van der Waals surface area contributed by atoms with Crippen LogP contribution in [0.15, 0.2) is 85.1 Å². The predicted molar refractivity (Wildman–Crippen MR) is 244 cm³/mol. The largest absolute Gasteiger partial charge is 0.394 e. The molecular formula is C50H85NO8. The van der Waals surface area contributed by atoms with E-state index in [2.05, 4.69) is 92.1 Å². The molecule has 0 spiro atoms. The first-order valence-electron chi connectivity index (χ1n) is 23.3. The first kappa shape index (κ1) is 54.4. The van der Waals surface area contributed by atoms with Gasteiger partial charge in [0.25, 0.3) is 0 Å². The van der Waals surface area contributed by atoms with Crippen LogP contribution in [0, 0.1) is 0 Å². The van der Waals surface area contributed by atoms with Gasteiger partial charge >= 0.3 is 0 Å². The molecular weight excluding hydrogens is 743 g/mol. The van der Waals surface area contributed by atoms with E-state index in [9.17, 15) is 30.3 Å².